The number of amides is 2. The average molecular weight is 272 g/mol. The number of carboxylic acids is 1. The number of carbonyl (C=O) groups is 2. The van der Waals surface area contributed by atoms with E-state index in [9.17, 15) is 9.59 Å². The zero-order valence-electron chi connectivity index (χ0n) is 12.7. The number of urea groups is 1. The first-order valence-corrected chi connectivity index (χ1v) is 6.92. The molecule has 2 amide bonds. The molecule has 112 valence electrons. The molecule has 5 nitrogen and oxygen atoms in total. The van der Waals surface area contributed by atoms with Crippen molar-refractivity contribution in [3.8, 4) is 0 Å². The molecule has 0 heterocycles. The van der Waals surface area contributed by atoms with E-state index in [1.54, 1.807) is 0 Å². The summed E-state index contributed by atoms with van der Waals surface area (Å²) < 4.78 is 0. The standard InChI is InChI=1S/C14H28N2O3/c1-6-11(7-12(17)18)8-15-13(19)16-9-14(4,5)10(2)3/h10-11H,6-9H2,1-5H3,(H,17,18)(H2,15,16,19). The van der Waals surface area contributed by atoms with Gasteiger partial charge >= 0.3 is 12.0 Å². The summed E-state index contributed by atoms with van der Waals surface area (Å²) in [5.41, 5.74) is 0.0442. The SMILES string of the molecule is CCC(CNC(=O)NCC(C)(C)C(C)C)CC(=O)O. The maximum atomic E-state index is 11.6. The fourth-order valence-corrected chi connectivity index (χ4v) is 1.42. The maximum Gasteiger partial charge on any atom is 0.314 e. The summed E-state index contributed by atoms with van der Waals surface area (Å²) >= 11 is 0. The van der Waals surface area contributed by atoms with E-state index in [0.717, 1.165) is 6.42 Å². The Hall–Kier alpha value is -1.26. The van der Waals surface area contributed by atoms with Gasteiger partial charge in [-0.25, -0.2) is 4.79 Å². The van der Waals surface area contributed by atoms with Crippen LogP contribution in [0.4, 0.5) is 4.79 Å². The lowest BCUT2D eigenvalue weighted by Gasteiger charge is -2.29. The van der Waals surface area contributed by atoms with E-state index in [4.69, 9.17) is 5.11 Å². The van der Waals surface area contributed by atoms with Crippen LogP contribution in [0.15, 0.2) is 0 Å². The molecule has 0 aliphatic heterocycles. The van der Waals surface area contributed by atoms with Crippen molar-refractivity contribution in [2.24, 2.45) is 17.3 Å². The Labute approximate surface area is 116 Å². The van der Waals surface area contributed by atoms with Crippen LogP contribution in [0, 0.1) is 17.3 Å². The molecule has 0 fully saturated rings. The van der Waals surface area contributed by atoms with Crippen molar-refractivity contribution in [2.45, 2.75) is 47.5 Å². The minimum absolute atomic E-state index is 0.0126. The number of nitrogens with one attached hydrogen (secondary N) is 2. The molecule has 0 aliphatic carbocycles. The van der Waals surface area contributed by atoms with Gasteiger partial charge in [-0.1, -0.05) is 41.0 Å². The summed E-state index contributed by atoms with van der Waals surface area (Å²) in [4.78, 5) is 22.3. The quantitative estimate of drug-likeness (QED) is 0.635. The van der Waals surface area contributed by atoms with Gasteiger partial charge in [0.15, 0.2) is 0 Å². The van der Waals surface area contributed by atoms with Crippen LogP contribution < -0.4 is 10.6 Å². The van der Waals surface area contributed by atoms with Gasteiger partial charge in [-0.15, -0.1) is 0 Å². The predicted octanol–water partition coefficient (Wildman–Crippen LogP) is 2.47. The normalized spacial score (nSPS) is 13.2. The first kappa shape index (κ1) is 17.7. The molecule has 0 saturated carbocycles. The summed E-state index contributed by atoms with van der Waals surface area (Å²) in [5, 5.41) is 14.3. The van der Waals surface area contributed by atoms with Gasteiger partial charge in [-0.2, -0.15) is 0 Å². The van der Waals surface area contributed by atoms with Crippen LogP contribution in [0.5, 0.6) is 0 Å². The number of hydrogen-bond acceptors (Lipinski definition) is 2. The third-order valence-electron chi connectivity index (χ3n) is 3.86. The molecule has 0 bridgehead atoms. The van der Waals surface area contributed by atoms with Crippen molar-refractivity contribution in [1.82, 2.24) is 10.6 Å². The number of rotatable bonds is 8. The van der Waals surface area contributed by atoms with E-state index in [2.05, 4.69) is 38.3 Å². The van der Waals surface area contributed by atoms with Gasteiger partial charge in [0, 0.05) is 19.5 Å². The summed E-state index contributed by atoms with van der Waals surface area (Å²) in [7, 11) is 0. The second-order valence-electron chi connectivity index (χ2n) is 6.08. The number of hydrogen-bond donors (Lipinski definition) is 3. The molecule has 0 aromatic heterocycles. The molecule has 0 aromatic rings. The van der Waals surface area contributed by atoms with E-state index in [0.29, 0.717) is 19.0 Å². The Morgan fingerprint density at radius 2 is 1.79 bits per heavy atom. The molecule has 0 rings (SSSR count). The second kappa shape index (κ2) is 8.02. The molecule has 0 aliphatic rings. The van der Waals surface area contributed by atoms with E-state index in [-0.39, 0.29) is 23.8 Å². The molecule has 5 heteroatoms. The Balaban J connectivity index is 4.02. The van der Waals surface area contributed by atoms with Crippen LogP contribution >= 0.6 is 0 Å². The zero-order valence-corrected chi connectivity index (χ0v) is 12.7. The van der Waals surface area contributed by atoms with Gasteiger partial charge in [0.25, 0.3) is 0 Å². The molecule has 19 heavy (non-hydrogen) atoms. The maximum absolute atomic E-state index is 11.6. The molecule has 0 saturated heterocycles. The first-order valence-electron chi connectivity index (χ1n) is 6.92. The third kappa shape index (κ3) is 7.70. The monoisotopic (exact) mass is 272 g/mol. The molecule has 1 unspecified atom stereocenters. The fraction of sp³-hybridized carbons (Fsp3) is 0.857. The van der Waals surface area contributed by atoms with Crippen LogP contribution in [0.2, 0.25) is 0 Å². The zero-order chi connectivity index (χ0) is 15.1. The smallest absolute Gasteiger partial charge is 0.314 e. The lowest BCUT2D eigenvalue weighted by molar-refractivity contribution is -0.138. The highest BCUT2D eigenvalue weighted by Gasteiger charge is 2.23. The van der Waals surface area contributed by atoms with Gasteiger partial charge in [0.2, 0.25) is 0 Å². The molecule has 0 radical (unpaired) electrons. The lowest BCUT2D eigenvalue weighted by Crippen LogP contribution is -2.43. The molecule has 3 N–H and O–H groups in total. The second-order valence-corrected chi connectivity index (χ2v) is 6.08. The van der Waals surface area contributed by atoms with E-state index in [1.165, 1.54) is 0 Å². The average Bonchev–Trinajstić information content (AvgIpc) is 2.31. The van der Waals surface area contributed by atoms with Gasteiger partial charge in [-0.05, 0) is 17.3 Å². The summed E-state index contributed by atoms with van der Waals surface area (Å²) in [6.45, 7) is 11.4. The molecular weight excluding hydrogens is 244 g/mol. The van der Waals surface area contributed by atoms with Gasteiger partial charge in [0.1, 0.15) is 0 Å². The van der Waals surface area contributed by atoms with Crippen LogP contribution in [0.25, 0.3) is 0 Å². The van der Waals surface area contributed by atoms with Gasteiger partial charge in [-0.3, -0.25) is 4.79 Å². The van der Waals surface area contributed by atoms with Crippen molar-refractivity contribution in [2.75, 3.05) is 13.1 Å². The lowest BCUT2D eigenvalue weighted by atomic mass is 9.81. The van der Waals surface area contributed by atoms with Crippen molar-refractivity contribution in [3.05, 3.63) is 0 Å². The number of aliphatic carboxylic acids is 1. The molecule has 0 spiro atoms. The third-order valence-corrected chi connectivity index (χ3v) is 3.86. The van der Waals surface area contributed by atoms with Crippen LogP contribution in [0.3, 0.4) is 0 Å². The van der Waals surface area contributed by atoms with Gasteiger partial charge in [0.05, 0.1) is 0 Å². The van der Waals surface area contributed by atoms with Crippen LogP contribution in [-0.2, 0) is 4.79 Å². The van der Waals surface area contributed by atoms with Gasteiger partial charge < -0.3 is 15.7 Å². The Morgan fingerprint density at radius 3 is 2.21 bits per heavy atom. The van der Waals surface area contributed by atoms with Crippen LogP contribution in [-0.4, -0.2) is 30.2 Å². The Kier molecular flexibility index (Phi) is 7.49. The summed E-state index contributed by atoms with van der Waals surface area (Å²) in [6.07, 6.45) is 0.832. The van der Waals surface area contributed by atoms with E-state index in [1.807, 2.05) is 6.92 Å². The van der Waals surface area contributed by atoms with E-state index >= 15 is 0 Å². The van der Waals surface area contributed by atoms with E-state index < -0.39 is 5.97 Å². The topological polar surface area (TPSA) is 78.4 Å². The molecule has 0 aromatic carbocycles. The van der Waals surface area contributed by atoms with Crippen molar-refractivity contribution in [1.29, 1.82) is 0 Å². The first-order chi connectivity index (χ1) is 8.69. The summed E-state index contributed by atoms with van der Waals surface area (Å²) in [5.74, 6) is -0.362. The highest BCUT2D eigenvalue weighted by molar-refractivity contribution is 5.74. The van der Waals surface area contributed by atoms with Crippen molar-refractivity contribution < 1.29 is 14.7 Å². The van der Waals surface area contributed by atoms with Crippen LogP contribution in [0.1, 0.15) is 47.5 Å². The summed E-state index contributed by atoms with van der Waals surface area (Å²) in [6, 6.07) is -0.224. The molecular formula is C14H28N2O3. The van der Waals surface area contributed by atoms with Crippen molar-refractivity contribution in [3.63, 3.8) is 0 Å². The van der Waals surface area contributed by atoms with Crippen molar-refractivity contribution >= 4 is 12.0 Å². The highest BCUT2D eigenvalue weighted by atomic mass is 16.4. The Bertz CT molecular complexity index is 301. The minimum atomic E-state index is -0.824. The number of carboxylic acid groups (broad SMARTS) is 1. The Morgan fingerprint density at radius 1 is 1.21 bits per heavy atom. The number of carbonyl (C=O) groups excluding carboxylic acids is 1. The highest BCUT2D eigenvalue weighted by Crippen LogP contribution is 2.24. The fourth-order valence-electron chi connectivity index (χ4n) is 1.42. The largest absolute Gasteiger partial charge is 0.481 e. The molecule has 1 atom stereocenters. The minimum Gasteiger partial charge on any atom is -0.481 e. The predicted molar refractivity (Wildman–Crippen MR) is 76.1 cm³/mol.